The summed E-state index contributed by atoms with van der Waals surface area (Å²) in [5.41, 5.74) is 6.24. The summed E-state index contributed by atoms with van der Waals surface area (Å²) in [4.78, 5) is 12.6. The third-order valence-corrected chi connectivity index (χ3v) is 3.50. The fourth-order valence-electron chi connectivity index (χ4n) is 1.53. The van der Waals surface area contributed by atoms with Gasteiger partial charge in [0.1, 0.15) is 11.9 Å². The second-order valence-corrected chi connectivity index (χ2v) is 4.78. The first-order valence-electron chi connectivity index (χ1n) is 5.48. The summed E-state index contributed by atoms with van der Waals surface area (Å²) in [5, 5.41) is 4.49. The summed E-state index contributed by atoms with van der Waals surface area (Å²) in [6, 6.07) is 9.27. The molecular weight excluding hydrogens is 251 g/mol. The van der Waals surface area contributed by atoms with Crippen LogP contribution in [0.5, 0.6) is 0 Å². The highest BCUT2D eigenvalue weighted by Gasteiger charge is 2.16. The van der Waals surface area contributed by atoms with Crippen molar-refractivity contribution in [3.05, 3.63) is 58.0 Å². The number of amides is 1. The number of nitrogens with one attached hydrogen (secondary N) is 1. The average Bonchev–Trinajstić information content (AvgIpc) is 2.90. The lowest BCUT2D eigenvalue weighted by Crippen LogP contribution is -2.33. The number of nitrogens with two attached hydrogens (primary N) is 1. The number of carbonyl (C=O) groups is 1. The highest BCUT2D eigenvalue weighted by Crippen LogP contribution is 2.16. The molecule has 94 valence electrons. The molecule has 18 heavy (non-hydrogen) atoms. The van der Waals surface area contributed by atoms with E-state index in [0.29, 0.717) is 5.56 Å². The van der Waals surface area contributed by atoms with E-state index in [1.165, 1.54) is 17.4 Å². The first-order chi connectivity index (χ1) is 8.68. The van der Waals surface area contributed by atoms with Crippen molar-refractivity contribution in [2.45, 2.75) is 12.6 Å². The standard InChI is InChI=1S/C13H13FN2OS/c14-10-5-2-1-4-9(10)8-16-13(17)12(15)11-6-3-7-18-11/h1-7,12H,8,15H2,(H,16,17). The number of hydrogen-bond acceptors (Lipinski definition) is 3. The number of carbonyl (C=O) groups excluding carboxylic acids is 1. The third kappa shape index (κ3) is 2.94. The summed E-state index contributed by atoms with van der Waals surface area (Å²) in [6.45, 7) is 0.143. The second-order valence-electron chi connectivity index (χ2n) is 3.80. The van der Waals surface area contributed by atoms with Crippen LogP contribution in [0.3, 0.4) is 0 Å². The first-order valence-corrected chi connectivity index (χ1v) is 6.36. The number of halogens is 1. The van der Waals surface area contributed by atoms with Gasteiger partial charge in [-0.25, -0.2) is 4.39 Å². The highest BCUT2D eigenvalue weighted by molar-refractivity contribution is 7.10. The van der Waals surface area contributed by atoms with Gasteiger partial charge in [-0.15, -0.1) is 11.3 Å². The molecule has 0 saturated heterocycles. The van der Waals surface area contributed by atoms with Gasteiger partial charge in [-0.2, -0.15) is 0 Å². The minimum Gasteiger partial charge on any atom is -0.350 e. The first kappa shape index (κ1) is 12.7. The van der Waals surface area contributed by atoms with E-state index in [1.54, 1.807) is 24.3 Å². The lowest BCUT2D eigenvalue weighted by Gasteiger charge is -2.11. The predicted octanol–water partition coefficient (Wildman–Crippen LogP) is 2.20. The fraction of sp³-hybridized carbons (Fsp3) is 0.154. The molecule has 2 rings (SSSR count). The zero-order valence-corrected chi connectivity index (χ0v) is 10.4. The molecular formula is C13H13FN2OS. The van der Waals surface area contributed by atoms with E-state index < -0.39 is 6.04 Å². The van der Waals surface area contributed by atoms with E-state index in [1.807, 2.05) is 11.4 Å². The molecule has 1 aromatic carbocycles. The molecule has 5 heteroatoms. The molecule has 0 spiro atoms. The van der Waals surface area contributed by atoms with Crippen LogP contribution in [0.2, 0.25) is 0 Å². The van der Waals surface area contributed by atoms with E-state index >= 15 is 0 Å². The Morgan fingerprint density at radius 2 is 2.11 bits per heavy atom. The van der Waals surface area contributed by atoms with Crippen LogP contribution in [0.15, 0.2) is 41.8 Å². The molecule has 2 aromatic rings. The molecule has 0 bridgehead atoms. The Labute approximate surface area is 108 Å². The maximum atomic E-state index is 13.3. The number of benzene rings is 1. The average molecular weight is 264 g/mol. The lowest BCUT2D eigenvalue weighted by atomic mass is 10.2. The normalized spacial score (nSPS) is 12.1. The van der Waals surface area contributed by atoms with Crippen molar-refractivity contribution in [2.24, 2.45) is 5.73 Å². The van der Waals surface area contributed by atoms with Crippen molar-refractivity contribution in [1.82, 2.24) is 5.32 Å². The molecule has 0 saturated carbocycles. The number of hydrogen-bond donors (Lipinski definition) is 2. The highest BCUT2D eigenvalue weighted by atomic mass is 32.1. The summed E-state index contributed by atoms with van der Waals surface area (Å²) in [6.07, 6.45) is 0. The molecule has 1 amide bonds. The minimum absolute atomic E-state index is 0.143. The van der Waals surface area contributed by atoms with Crippen LogP contribution in [0.4, 0.5) is 4.39 Å². The van der Waals surface area contributed by atoms with Crippen molar-refractivity contribution in [1.29, 1.82) is 0 Å². The van der Waals surface area contributed by atoms with Gasteiger partial charge in [0, 0.05) is 17.0 Å². The van der Waals surface area contributed by atoms with Gasteiger partial charge in [0.15, 0.2) is 0 Å². The molecule has 0 aliphatic carbocycles. The van der Waals surface area contributed by atoms with Crippen molar-refractivity contribution in [3.63, 3.8) is 0 Å². The quantitative estimate of drug-likeness (QED) is 0.889. The van der Waals surface area contributed by atoms with Gasteiger partial charge in [0.05, 0.1) is 0 Å². The van der Waals surface area contributed by atoms with Gasteiger partial charge in [-0.05, 0) is 17.5 Å². The summed E-state index contributed by atoms with van der Waals surface area (Å²) in [5.74, 6) is -0.636. The Kier molecular flexibility index (Phi) is 4.07. The third-order valence-electron chi connectivity index (χ3n) is 2.54. The maximum Gasteiger partial charge on any atom is 0.242 e. The van der Waals surface area contributed by atoms with Crippen LogP contribution in [0, 0.1) is 5.82 Å². The van der Waals surface area contributed by atoms with E-state index in [9.17, 15) is 9.18 Å². The Morgan fingerprint density at radius 1 is 1.33 bits per heavy atom. The van der Waals surface area contributed by atoms with Crippen LogP contribution in [-0.2, 0) is 11.3 Å². The van der Waals surface area contributed by atoms with Crippen LogP contribution >= 0.6 is 11.3 Å². The molecule has 1 unspecified atom stereocenters. The second kappa shape index (κ2) is 5.75. The van der Waals surface area contributed by atoms with Crippen LogP contribution in [-0.4, -0.2) is 5.91 Å². The number of rotatable bonds is 4. The lowest BCUT2D eigenvalue weighted by molar-refractivity contribution is -0.122. The SMILES string of the molecule is NC(C(=O)NCc1ccccc1F)c1cccs1. The molecule has 0 fully saturated rings. The van der Waals surface area contributed by atoms with E-state index in [4.69, 9.17) is 5.73 Å². The zero-order chi connectivity index (χ0) is 13.0. The van der Waals surface area contributed by atoms with Gasteiger partial charge in [0.25, 0.3) is 0 Å². The summed E-state index contributed by atoms with van der Waals surface area (Å²) >= 11 is 1.42. The van der Waals surface area contributed by atoms with E-state index in [-0.39, 0.29) is 18.3 Å². The van der Waals surface area contributed by atoms with Crippen LogP contribution in [0.25, 0.3) is 0 Å². The van der Waals surface area contributed by atoms with Crippen molar-refractivity contribution in [2.75, 3.05) is 0 Å². The monoisotopic (exact) mass is 264 g/mol. The Hall–Kier alpha value is -1.72. The molecule has 0 aliphatic rings. The van der Waals surface area contributed by atoms with Gasteiger partial charge < -0.3 is 11.1 Å². The van der Waals surface area contributed by atoms with Gasteiger partial charge >= 0.3 is 0 Å². The van der Waals surface area contributed by atoms with Gasteiger partial charge in [-0.1, -0.05) is 24.3 Å². The van der Waals surface area contributed by atoms with E-state index in [2.05, 4.69) is 5.32 Å². The van der Waals surface area contributed by atoms with Gasteiger partial charge in [-0.3, -0.25) is 4.79 Å². The molecule has 3 nitrogen and oxygen atoms in total. The Morgan fingerprint density at radius 3 is 2.78 bits per heavy atom. The molecule has 3 N–H and O–H groups in total. The van der Waals surface area contributed by atoms with Crippen molar-refractivity contribution in [3.8, 4) is 0 Å². The largest absolute Gasteiger partial charge is 0.350 e. The Bertz CT molecular complexity index is 528. The number of thiophene rings is 1. The van der Waals surface area contributed by atoms with Crippen molar-refractivity contribution >= 4 is 17.2 Å². The smallest absolute Gasteiger partial charge is 0.242 e. The fourth-order valence-corrected chi connectivity index (χ4v) is 2.26. The predicted molar refractivity (Wildman–Crippen MR) is 69.5 cm³/mol. The topological polar surface area (TPSA) is 55.1 Å². The van der Waals surface area contributed by atoms with Crippen LogP contribution < -0.4 is 11.1 Å². The molecule has 1 heterocycles. The molecule has 0 aliphatic heterocycles. The summed E-state index contributed by atoms with van der Waals surface area (Å²) in [7, 11) is 0. The van der Waals surface area contributed by atoms with Gasteiger partial charge in [0.2, 0.25) is 5.91 Å². The molecule has 0 radical (unpaired) electrons. The van der Waals surface area contributed by atoms with Crippen molar-refractivity contribution < 1.29 is 9.18 Å². The Balaban J connectivity index is 1.95. The maximum absolute atomic E-state index is 13.3. The van der Waals surface area contributed by atoms with E-state index in [0.717, 1.165) is 4.88 Å². The summed E-state index contributed by atoms with van der Waals surface area (Å²) < 4.78 is 13.3. The molecule has 1 atom stereocenters. The molecule has 1 aromatic heterocycles. The minimum atomic E-state index is -0.697. The van der Waals surface area contributed by atoms with Crippen LogP contribution in [0.1, 0.15) is 16.5 Å². The zero-order valence-electron chi connectivity index (χ0n) is 9.60.